The molecule has 122 valence electrons. The number of aromatic nitrogens is 2. The molecule has 0 atom stereocenters. The van der Waals surface area contributed by atoms with Gasteiger partial charge in [0.25, 0.3) is 0 Å². The van der Waals surface area contributed by atoms with Crippen molar-refractivity contribution in [1.29, 1.82) is 0 Å². The van der Waals surface area contributed by atoms with E-state index in [0.29, 0.717) is 6.54 Å². The highest BCUT2D eigenvalue weighted by molar-refractivity contribution is 5.61. The van der Waals surface area contributed by atoms with E-state index in [2.05, 4.69) is 35.6 Å². The van der Waals surface area contributed by atoms with Crippen LogP contribution in [0.3, 0.4) is 0 Å². The van der Waals surface area contributed by atoms with E-state index >= 15 is 0 Å². The SMILES string of the molecule is C=CCNc1cc(N(CCC)CCC)nc(-c2ccccc2)n1. The van der Waals surface area contributed by atoms with Crippen LogP contribution in [0.1, 0.15) is 26.7 Å². The molecule has 0 unspecified atom stereocenters. The summed E-state index contributed by atoms with van der Waals surface area (Å²) in [6.45, 7) is 10.8. The van der Waals surface area contributed by atoms with Crippen LogP contribution < -0.4 is 10.2 Å². The molecule has 0 aliphatic carbocycles. The molecule has 0 fully saturated rings. The Morgan fingerprint density at radius 2 is 1.78 bits per heavy atom. The van der Waals surface area contributed by atoms with Gasteiger partial charge in [-0.15, -0.1) is 6.58 Å². The van der Waals surface area contributed by atoms with E-state index in [4.69, 9.17) is 4.98 Å². The zero-order valence-corrected chi connectivity index (χ0v) is 14.1. The van der Waals surface area contributed by atoms with Gasteiger partial charge in [-0.3, -0.25) is 0 Å². The molecule has 0 aliphatic rings. The summed E-state index contributed by atoms with van der Waals surface area (Å²) in [5.41, 5.74) is 1.03. The molecule has 2 aromatic rings. The molecular weight excluding hydrogens is 284 g/mol. The summed E-state index contributed by atoms with van der Waals surface area (Å²) in [4.78, 5) is 11.8. The van der Waals surface area contributed by atoms with Crippen LogP contribution in [0.2, 0.25) is 0 Å². The van der Waals surface area contributed by atoms with Crippen LogP contribution in [-0.2, 0) is 0 Å². The molecule has 4 nitrogen and oxygen atoms in total. The largest absolute Gasteiger partial charge is 0.366 e. The van der Waals surface area contributed by atoms with Crippen molar-refractivity contribution in [2.45, 2.75) is 26.7 Å². The summed E-state index contributed by atoms with van der Waals surface area (Å²) >= 11 is 0. The number of benzene rings is 1. The van der Waals surface area contributed by atoms with Gasteiger partial charge in [0, 0.05) is 31.3 Å². The summed E-state index contributed by atoms with van der Waals surface area (Å²) in [5.74, 6) is 2.58. The molecule has 0 radical (unpaired) electrons. The van der Waals surface area contributed by atoms with E-state index in [1.54, 1.807) is 0 Å². The average molecular weight is 310 g/mol. The summed E-state index contributed by atoms with van der Waals surface area (Å²) in [6.07, 6.45) is 4.03. The lowest BCUT2D eigenvalue weighted by molar-refractivity contribution is 0.733. The molecule has 1 aromatic carbocycles. The van der Waals surface area contributed by atoms with Crippen LogP contribution in [0.25, 0.3) is 11.4 Å². The lowest BCUT2D eigenvalue weighted by Crippen LogP contribution is -2.26. The fourth-order valence-electron chi connectivity index (χ4n) is 2.46. The van der Waals surface area contributed by atoms with Crippen LogP contribution in [0.15, 0.2) is 49.1 Å². The molecule has 23 heavy (non-hydrogen) atoms. The van der Waals surface area contributed by atoms with E-state index in [0.717, 1.165) is 49.0 Å². The third-order valence-corrected chi connectivity index (χ3v) is 3.48. The Balaban J connectivity index is 2.41. The fraction of sp³-hybridized carbons (Fsp3) is 0.368. The first-order valence-corrected chi connectivity index (χ1v) is 8.32. The lowest BCUT2D eigenvalue weighted by atomic mass is 10.2. The summed E-state index contributed by atoms with van der Waals surface area (Å²) < 4.78 is 0. The van der Waals surface area contributed by atoms with E-state index in [1.165, 1.54) is 0 Å². The Labute approximate surface area is 139 Å². The number of anilines is 2. The maximum absolute atomic E-state index is 4.80. The molecule has 0 saturated heterocycles. The van der Waals surface area contributed by atoms with Gasteiger partial charge in [-0.2, -0.15) is 0 Å². The quantitative estimate of drug-likeness (QED) is 0.698. The Kier molecular flexibility index (Phi) is 6.60. The smallest absolute Gasteiger partial charge is 0.163 e. The average Bonchev–Trinajstić information content (AvgIpc) is 2.60. The highest BCUT2D eigenvalue weighted by Crippen LogP contribution is 2.22. The van der Waals surface area contributed by atoms with Gasteiger partial charge in [0.2, 0.25) is 0 Å². The van der Waals surface area contributed by atoms with Crippen molar-refractivity contribution < 1.29 is 0 Å². The molecule has 1 heterocycles. The Morgan fingerprint density at radius 3 is 2.39 bits per heavy atom. The molecule has 0 spiro atoms. The van der Waals surface area contributed by atoms with Crippen molar-refractivity contribution in [3.8, 4) is 11.4 Å². The molecular formula is C19H26N4. The van der Waals surface area contributed by atoms with E-state index in [-0.39, 0.29) is 0 Å². The minimum Gasteiger partial charge on any atom is -0.366 e. The van der Waals surface area contributed by atoms with Gasteiger partial charge in [-0.1, -0.05) is 50.3 Å². The molecule has 0 bridgehead atoms. The van der Waals surface area contributed by atoms with Crippen molar-refractivity contribution >= 4 is 11.6 Å². The number of nitrogens with one attached hydrogen (secondary N) is 1. The zero-order chi connectivity index (χ0) is 16.5. The second-order valence-corrected chi connectivity index (χ2v) is 5.46. The van der Waals surface area contributed by atoms with Gasteiger partial charge in [0.1, 0.15) is 11.6 Å². The van der Waals surface area contributed by atoms with Gasteiger partial charge in [-0.05, 0) is 12.8 Å². The standard InChI is InChI=1S/C19H26N4/c1-4-12-20-17-15-18(23(13-5-2)14-6-3)22-19(21-17)16-10-8-7-9-11-16/h4,7-11,15H,1,5-6,12-14H2,2-3H3,(H,20,21,22). The number of hydrogen-bond donors (Lipinski definition) is 1. The van der Waals surface area contributed by atoms with Crippen molar-refractivity contribution in [2.24, 2.45) is 0 Å². The second kappa shape index (κ2) is 8.93. The highest BCUT2D eigenvalue weighted by Gasteiger charge is 2.11. The first-order chi connectivity index (χ1) is 11.3. The summed E-state index contributed by atoms with van der Waals surface area (Å²) in [7, 11) is 0. The molecule has 2 rings (SSSR count). The molecule has 0 aliphatic heterocycles. The minimum absolute atomic E-state index is 0.687. The van der Waals surface area contributed by atoms with E-state index in [9.17, 15) is 0 Å². The summed E-state index contributed by atoms with van der Waals surface area (Å²) in [5, 5.41) is 3.29. The Morgan fingerprint density at radius 1 is 1.09 bits per heavy atom. The number of nitrogens with zero attached hydrogens (tertiary/aromatic N) is 3. The van der Waals surface area contributed by atoms with Crippen LogP contribution in [0, 0.1) is 0 Å². The highest BCUT2D eigenvalue weighted by atomic mass is 15.2. The monoisotopic (exact) mass is 310 g/mol. The van der Waals surface area contributed by atoms with Gasteiger partial charge < -0.3 is 10.2 Å². The predicted molar refractivity (Wildman–Crippen MR) is 98.9 cm³/mol. The number of rotatable bonds is 9. The maximum Gasteiger partial charge on any atom is 0.163 e. The first kappa shape index (κ1) is 17.0. The topological polar surface area (TPSA) is 41.0 Å². The maximum atomic E-state index is 4.80. The fourth-order valence-corrected chi connectivity index (χ4v) is 2.46. The van der Waals surface area contributed by atoms with Crippen LogP contribution in [0.5, 0.6) is 0 Å². The van der Waals surface area contributed by atoms with Crippen molar-refractivity contribution in [1.82, 2.24) is 9.97 Å². The lowest BCUT2D eigenvalue weighted by Gasteiger charge is -2.23. The molecule has 1 aromatic heterocycles. The molecule has 1 N–H and O–H groups in total. The van der Waals surface area contributed by atoms with E-state index in [1.807, 2.05) is 42.5 Å². The van der Waals surface area contributed by atoms with Crippen LogP contribution in [0.4, 0.5) is 11.6 Å². The third kappa shape index (κ3) is 4.81. The van der Waals surface area contributed by atoms with Crippen molar-refractivity contribution in [2.75, 3.05) is 29.9 Å². The summed E-state index contributed by atoms with van der Waals surface area (Å²) in [6, 6.07) is 12.1. The first-order valence-electron chi connectivity index (χ1n) is 8.32. The molecule has 4 heteroatoms. The van der Waals surface area contributed by atoms with Crippen LogP contribution >= 0.6 is 0 Å². The van der Waals surface area contributed by atoms with Crippen molar-refractivity contribution in [3.05, 3.63) is 49.1 Å². The Bertz CT molecular complexity index is 604. The zero-order valence-electron chi connectivity index (χ0n) is 14.1. The predicted octanol–water partition coefficient (Wildman–Crippen LogP) is 4.37. The number of hydrogen-bond acceptors (Lipinski definition) is 4. The van der Waals surface area contributed by atoms with Gasteiger partial charge in [0.15, 0.2) is 5.82 Å². The Hall–Kier alpha value is -2.36. The van der Waals surface area contributed by atoms with Gasteiger partial charge >= 0.3 is 0 Å². The molecule has 0 saturated carbocycles. The van der Waals surface area contributed by atoms with Gasteiger partial charge in [-0.25, -0.2) is 9.97 Å². The van der Waals surface area contributed by atoms with Crippen molar-refractivity contribution in [3.63, 3.8) is 0 Å². The molecule has 0 amide bonds. The second-order valence-electron chi connectivity index (χ2n) is 5.46. The van der Waals surface area contributed by atoms with Gasteiger partial charge in [0.05, 0.1) is 0 Å². The third-order valence-electron chi connectivity index (χ3n) is 3.48. The normalized spacial score (nSPS) is 10.3. The minimum atomic E-state index is 0.687. The van der Waals surface area contributed by atoms with Crippen LogP contribution in [-0.4, -0.2) is 29.6 Å². The van der Waals surface area contributed by atoms with E-state index < -0.39 is 0 Å².